The topological polar surface area (TPSA) is 88.6 Å². The molecular formula is C21H25N3O4S. The number of para-hydroxylation sites is 1. The number of nitrogens with zero attached hydrogens (tertiary/aromatic N) is 2. The Kier molecular flexibility index (Phi) is 7.28. The Labute approximate surface area is 174 Å². The van der Waals surface area contributed by atoms with Gasteiger partial charge < -0.3 is 10.1 Å². The summed E-state index contributed by atoms with van der Waals surface area (Å²) in [5.74, 6) is -1.18. The Balaban J connectivity index is 2.03. The molecule has 2 aromatic rings. The number of rotatable bonds is 6. The van der Waals surface area contributed by atoms with Gasteiger partial charge in [-0.3, -0.25) is 14.5 Å². The summed E-state index contributed by atoms with van der Waals surface area (Å²) < 4.78 is 5.11. The Morgan fingerprint density at radius 3 is 2.45 bits per heavy atom. The second-order valence-electron chi connectivity index (χ2n) is 7.40. The standard InChI is InChI=1S/C21H25N3O4S/c1-14(19(27)23-21(3,4)5)28-18(26)12-11-16-13-29-20(22-16)24(15(2)25)17-9-7-6-8-10-17/h6-14H,1-5H3,(H,23,27)/b12-11+/t14-/m1/s1. The molecule has 8 heteroatoms. The third-order valence-electron chi connectivity index (χ3n) is 3.58. The number of aromatic nitrogens is 1. The number of hydrogen-bond donors (Lipinski definition) is 1. The predicted octanol–water partition coefficient (Wildman–Crippen LogP) is 3.69. The number of benzene rings is 1. The first-order chi connectivity index (χ1) is 13.6. The summed E-state index contributed by atoms with van der Waals surface area (Å²) in [5.41, 5.74) is 0.810. The average molecular weight is 416 g/mol. The summed E-state index contributed by atoms with van der Waals surface area (Å²) >= 11 is 1.28. The molecule has 1 N–H and O–H groups in total. The van der Waals surface area contributed by atoms with Crippen molar-refractivity contribution in [2.24, 2.45) is 0 Å². The lowest BCUT2D eigenvalue weighted by Crippen LogP contribution is -2.46. The van der Waals surface area contributed by atoms with E-state index in [2.05, 4.69) is 10.3 Å². The molecule has 2 rings (SSSR count). The summed E-state index contributed by atoms with van der Waals surface area (Å²) in [6, 6.07) is 9.19. The number of ether oxygens (including phenoxy) is 1. The minimum absolute atomic E-state index is 0.167. The van der Waals surface area contributed by atoms with E-state index in [1.165, 1.54) is 42.2 Å². The second kappa shape index (κ2) is 9.47. The minimum Gasteiger partial charge on any atom is -0.449 e. The molecule has 1 heterocycles. The number of nitrogens with one attached hydrogen (secondary N) is 1. The lowest BCUT2D eigenvalue weighted by Gasteiger charge is -2.22. The normalized spacial score (nSPS) is 12.4. The van der Waals surface area contributed by atoms with Crippen LogP contribution in [-0.2, 0) is 19.1 Å². The summed E-state index contributed by atoms with van der Waals surface area (Å²) in [7, 11) is 0. The molecule has 29 heavy (non-hydrogen) atoms. The predicted molar refractivity (Wildman–Crippen MR) is 114 cm³/mol. The van der Waals surface area contributed by atoms with E-state index in [4.69, 9.17) is 4.74 Å². The molecule has 0 saturated carbocycles. The van der Waals surface area contributed by atoms with E-state index in [1.54, 1.807) is 5.38 Å². The molecule has 0 aliphatic carbocycles. The van der Waals surface area contributed by atoms with Crippen LogP contribution in [0.25, 0.3) is 6.08 Å². The van der Waals surface area contributed by atoms with Crippen LogP contribution in [0.1, 0.15) is 40.3 Å². The number of anilines is 2. The number of carbonyl (C=O) groups excluding carboxylic acids is 3. The van der Waals surface area contributed by atoms with Crippen molar-refractivity contribution in [3.05, 3.63) is 47.5 Å². The summed E-state index contributed by atoms with van der Waals surface area (Å²) in [6.07, 6.45) is 1.78. The van der Waals surface area contributed by atoms with Crippen LogP contribution in [0.5, 0.6) is 0 Å². The van der Waals surface area contributed by atoms with E-state index < -0.39 is 17.6 Å². The van der Waals surface area contributed by atoms with Gasteiger partial charge in [0.25, 0.3) is 5.91 Å². The van der Waals surface area contributed by atoms with Crippen molar-refractivity contribution < 1.29 is 19.1 Å². The van der Waals surface area contributed by atoms with Crippen LogP contribution in [0.15, 0.2) is 41.8 Å². The maximum absolute atomic E-state index is 12.1. The molecule has 7 nitrogen and oxygen atoms in total. The third-order valence-corrected chi connectivity index (χ3v) is 4.42. The van der Waals surface area contributed by atoms with Gasteiger partial charge in [0.05, 0.1) is 11.4 Å². The van der Waals surface area contributed by atoms with Gasteiger partial charge >= 0.3 is 5.97 Å². The lowest BCUT2D eigenvalue weighted by molar-refractivity contribution is -0.150. The average Bonchev–Trinajstić information content (AvgIpc) is 3.07. The maximum Gasteiger partial charge on any atom is 0.331 e. The smallest absolute Gasteiger partial charge is 0.331 e. The third kappa shape index (κ3) is 6.83. The second-order valence-corrected chi connectivity index (χ2v) is 8.23. The highest BCUT2D eigenvalue weighted by Gasteiger charge is 2.21. The van der Waals surface area contributed by atoms with Crippen molar-refractivity contribution >= 4 is 46.0 Å². The van der Waals surface area contributed by atoms with Crippen molar-refractivity contribution in [1.29, 1.82) is 0 Å². The Bertz CT molecular complexity index is 900. The first kappa shape index (κ1) is 22.3. The highest BCUT2D eigenvalue weighted by Crippen LogP contribution is 2.29. The van der Waals surface area contributed by atoms with E-state index >= 15 is 0 Å². The fraction of sp³-hybridized carbons (Fsp3) is 0.333. The van der Waals surface area contributed by atoms with Gasteiger partial charge in [0.2, 0.25) is 5.91 Å². The molecule has 0 saturated heterocycles. The Hall–Kier alpha value is -3.00. The summed E-state index contributed by atoms with van der Waals surface area (Å²) in [6.45, 7) is 8.51. The number of amides is 2. The fourth-order valence-corrected chi connectivity index (χ4v) is 3.21. The largest absolute Gasteiger partial charge is 0.449 e. The number of hydrogen-bond acceptors (Lipinski definition) is 6. The summed E-state index contributed by atoms with van der Waals surface area (Å²) in [5, 5.41) is 4.98. The van der Waals surface area contributed by atoms with Gasteiger partial charge in [-0.2, -0.15) is 0 Å². The zero-order chi connectivity index (χ0) is 21.6. The Morgan fingerprint density at radius 2 is 1.86 bits per heavy atom. The van der Waals surface area contributed by atoms with Gasteiger partial charge in [0.1, 0.15) is 0 Å². The van der Waals surface area contributed by atoms with Crippen LogP contribution in [0.3, 0.4) is 0 Å². The molecule has 1 aromatic carbocycles. The van der Waals surface area contributed by atoms with Gasteiger partial charge in [-0.15, -0.1) is 11.3 Å². The van der Waals surface area contributed by atoms with E-state index in [0.29, 0.717) is 16.5 Å². The van der Waals surface area contributed by atoms with Crippen molar-refractivity contribution in [3.8, 4) is 0 Å². The zero-order valence-electron chi connectivity index (χ0n) is 17.1. The maximum atomic E-state index is 12.1. The van der Waals surface area contributed by atoms with Crippen LogP contribution >= 0.6 is 11.3 Å². The molecule has 0 aliphatic heterocycles. The number of esters is 1. The molecule has 1 atom stereocenters. The first-order valence-electron chi connectivity index (χ1n) is 9.09. The minimum atomic E-state index is -0.913. The molecular weight excluding hydrogens is 390 g/mol. The molecule has 0 fully saturated rings. The van der Waals surface area contributed by atoms with Crippen LogP contribution < -0.4 is 10.2 Å². The SMILES string of the molecule is CC(=O)N(c1ccccc1)c1nc(/C=C/C(=O)O[C@H](C)C(=O)NC(C)(C)C)cs1. The fourth-order valence-electron chi connectivity index (χ4n) is 2.35. The molecule has 0 aliphatic rings. The first-order valence-corrected chi connectivity index (χ1v) is 9.97. The molecule has 2 amide bonds. The van der Waals surface area contributed by atoms with Crippen LogP contribution in [0, 0.1) is 0 Å². The van der Waals surface area contributed by atoms with E-state index in [0.717, 1.165) is 0 Å². The molecule has 154 valence electrons. The van der Waals surface area contributed by atoms with Gasteiger partial charge in [0, 0.05) is 23.9 Å². The van der Waals surface area contributed by atoms with Crippen molar-refractivity contribution in [2.45, 2.75) is 46.3 Å². The summed E-state index contributed by atoms with van der Waals surface area (Å²) in [4.78, 5) is 41.9. The van der Waals surface area contributed by atoms with Crippen molar-refractivity contribution in [1.82, 2.24) is 10.3 Å². The van der Waals surface area contributed by atoms with Gasteiger partial charge in [-0.1, -0.05) is 18.2 Å². The van der Waals surface area contributed by atoms with Gasteiger partial charge in [-0.25, -0.2) is 9.78 Å². The molecule has 0 spiro atoms. The highest BCUT2D eigenvalue weighted by atomic mass is 32.1. The lowest BCUT2D eigenvalue weighted by atomic mass is 10.1. The highest BCUT2D eigenvalue weighted by molar-refractivity contribution is 7.14. The van der Waals surface area contributed by atoms with E-state index in [1.807, 2.05) is 51.1 Å². The van der Waals surface area contributed by atoms with E-state index in [9.17, 15) is 14.4 Å². The van der Waals surface area contributed by atoms with Crippen molar-refractivity contribution in [2.75, 3.05) is 4.90 Å². The molecule has 0 unspecified atom stereocenters. The monoisotopic (exact) mass is 415 g/mol. The van der Waals surface area contributed by atoms with Gasteiger partial charge in [-0.05, 0) is 45.9 Å². The zero-order valence-corrected chi connectivity index (χ0v) is 17.9. The Morgan fingerprint density at radius 1 is 1.21 bits per heavy atom. The molecule has 0 bridgehead atoms. The molecule has 1 aromatic heterocycles. The quantitative estimate of drug-likeness (QED) is 0.574. The van der Waals surface area contributed by atoms with Crippen molar-refractivity contribution in [3.63, 3.8) is 0 Å². The van der Waals surface area contributed by atoms with E-state index in [-0.39, 0.29) is 11.8 Å². The van der Waals surface area contributed by atoms with Crippen LogP contribution in [-0.4, -0.2) is 34.4 Å². The van der Waals surface area contributed by atoms with Gasteiger partial charge in [0.15, 0.2) is 11.2 Å². The van der Waals surface area contributed by atoms with Crippen LogP contribution in [0.4, 0.5) is 10.8 Å². The molecule has 0 radical (unpaired) electrons. The number of carbonyl (C=O) groups is 3. The van der Waals surface area contributed by atoms with Crippen LogP contribution in [0.2, 0.25) is 0 Å². The number of thiazole rings is 1.